The van der Waals surface area contributed by atoms with E-state index in [1.807, 2.05) is 0 Å². The van der Waals surface area contributed by atoms with Crippen molar-refractivity contribution in [3.8, 4) is 11.3 Å². The molecular formula is C29H41N5. The Morgan fingerprint density at radius 1 is 0.941 bits per heavy atom. The SMILES string of the molecule is Cc1ccc(N2CCC(NCCN3CCN(C(C)C)CC3)CC2)cc1-c1cc2ccccc2[nH]1. The van der Waals surface area contributed by atoms with Crippen LogP contribution in [0.5, 0.6) is 0 Å². The van der Waals surface area contributed by atoms with Crippen LogP contribution in [0.4, 0.5) is 5.69 Å². The summed E-state index contributed by atoms with van der Waals surface area (Å²) in [6, 6.07) is 19.1. The molecule has 2 fully saturated rings. The van der Waals surface area contributed by atoms with Gasteiger partial charge < -0.3 is 15.2 Å². The summed E-state index contributed by atoms with van der Waals surface area (Å²) in [7, 11) is 0. The lowest BCUT2D eigenvalue weighted by atomic mass is 10.0. The smallest absolute Gasteiger partial charge is 0.0468 e. The van der Waals surface area contributed by atoms with E-state index in [0.717, 1.165) is 19.6 Å². The van der Waals surface area contributed by atoms with Gasteiger partial charge in [-0.3, -0.25) is 9.80 Å². The molecule has 1 aromatic heterocycles. The first-order valence-electron chi connectivity index (χ1n) is 13.2. The Bertz CT molecular complexity index is 1040. The average molecular weight is 460 g/mol. The molecule has 182 valence electrons. The third-order valence-electron chi connectivity index (χ3n) is 7.90. The zero-order chi connectivity index (χ0) is 23.5. The van der Waals surface area contributed by atoms with E-state index in [0.29, 0.717) is 12.1 Å². The molecule has 2 aliphatic rings. The number of rotatable bonds is 7. The van der Waals surface area contributed by atoms with E-state index in [2.05, 4.69) is 94.3 Å². The minimum Gasteiger partial charge on any atom is -0.371 e. The van der Waals surface area contributed by atoms with E-state index in [1.165, 1.54) is 79.0 Å². The van der Waals surface area contributed by atoms with Gasteiger partial charge in [0.05, 0.1) is 0 Å². The van der Waals surface area contributed by atoms with Crippen LogP contribution < -0.4 is 10.2 Å². The maximum absolute atomic E-state index is 3.85. The average Bonchev–Trinajstić information content (AvgIpc) is 3.29. The minimum absolute atomic E-state index is 0.645. The van der Waals surface area contributed by atoms with Crippen molar-refractivity contribution in [2.45, 2.75) is 45.7 Å². The maximum Gasteiger partial charge on any atom is 0.0468 e. The number of para-hydroxylation sites is 1. The molecule has 0 aliphatic carbocycles. The number of H-pyrrole nitrogens is 1. The Morgan fingerprint density at radius 2 is 1.71 bits per heavy atom. The van der Waals surface area contributed by atoms with Gasteiger partial charge in [-0.2, -0.15) is 0 Å². The molecule has 34 heavy (non-hydrogen) atoms. The van der Waals surface area contributed by atoms with Crippen LogP contribution in [0.25, 0.3) is 22.2 Å². The molecule has 5 rings (SSSR count). The first-order chi connectivity index (χ1) is 16.6. The molecule has 5 nitrogen and oxygen atoms in total. The molecule has 0 bridgehead atoms. The number of nitrogens with zero attached hydrogens (tertiary/aromatic N) is 3. The van der Waals surface area contributed by atoms with Crippen molar-refractivity contribution in [3.63, 3.8) is 0 Å². The second kappa shape index (κ2) is 10.5. The van der Waals surface area contributed by atoms with Crippen LogP contribution in [-0.4, -0.2) is 79.2 Å². The van der Waals surface area contributed by atoms with Crippen LogP contribution in [0.1, 0.15) is 32.3 Å². The highest BCUT2D eigenvalue weighted by Gasteiger charge is 2.21. The number of piperazine rings is 1. The van der Waals surface area contributed by atoms with E-state index in [-0.39, 0.29) is 0 Å². The molecule has 5 heteroatoms. The Morgan fingerprint density at radius 3 is 2.44 bits per heavy atom. The fourth-order valence-electron chi connectivity index (χ4n) is 5.59. The fraction of sp³-hybridized carbons (Fsp3) is 0.517. The predicted octanol–water partition coefficient (Wildman–Crippen LogP) is 4.73. The summed E-state index contributed by atoms with van der Waals surface area (Å²) in [5.41, 5.74) is 6.40. The standard InChI is InChI=1S/C29H41N5/c1-22(2)33-18-16-32(17-19-33)15-12-30-25-10-13-34(14-11-25)26-9-8-23(3)27(21-26)29-20-24-6-4-5-7-28(24)31-29/h4-9,20-22,25,30-31H,10-19H2,1-3H3. The first kappa shape index (κ1) is 23.4. The third kappa shape index (κ3) is 5.32. The van der Waals surface area contributed by atoms with Crippen LogP contribution in [0.15, 0.2) is 48.5 Å². The van der Waals surface area contributed by atoms with Gasteiger partial charge in [0.15, 0.2) is 0 Å². The van der Waals surface area contributed by atoms with Crippen molar-refractivity contribution in [2.24, 2.45) is 0 Å². The van der Waals surface area contributed by atoms with Crippen molar-refractivity contribution >= 4 is 16.6 Å². The topological polar surface area (TPSA) is 37.5 Å². The number of benzene rings is 2. The van der Waals surface area contributed by atoms with E-state index in [4.69, 9.17) is 0 Å². The van der Waals surface area contributed by atoms with Gasteiger partial charge in [0.25, 0.3) is 0 Å². The van der Waals surface area contributed by atoms with E-state index in [1.54, 1.807) is 0 Å². The van der Waals surface area contributed by atoms with Crippen LogP contribution in [-0.2, 0) is 0 Å². The van der Waals surface area contributed by atoms with Crippen molar-refractivity contribution in [1.82, 2.24) is 20.1 Å². The molecule has 3 aromatic rings. The zero-order valence-corrected chi connectivity index (χ0v) is 21.2. The molecule has 0 atom stereocenters. The summed E-state index contributed by atoms with van der Waals surface area (Å²) in [5, 5.41) is 5.12. The van der Waals surface area contributed by atoms with Crippen molar-refractivity contribution in [2.75, 3.05) is 57.3 Å². The molecule has 0 radical (unpaired) electrons. The number of hydrogen-bond donors (Lipinski definition) is 2. The van der Waals surface area contributed by atoms with E-state index >= 15 is 0 Å². The minimum atomic E-state index is 0.645. The molecule has 0 spiro atoms. The number of aryl methyl sites for hydroxylation is 1. The van der Waals surface area contributed by atoms with Crippen molar-refractivity contribution in [3.05, 3.63) is 54.1 Å². The van der Waals surface area contributed by atoms with Gasteiger partial charge in [0.1, 0.15) is 0 Å². The third-order valence-corrected chi connectivity index (χ3v) is 7.90. The van der Waals surface area contributed by atoms with E-state index in [9.17, 15) is 0 Å². The Labute approximate surface area is 205 Å². The monoisotopic (exact) mass is 459 g/mol. The van der Waals surface area contributed by atoms with Gasteiger partial charge in [0.2, 0.25) is 0 Å². The quantitative estimate of drug-likeness (QED) is 0.536. The van der Waals surface area contributed by atoms with Gasteiger partial charge in [-0.15, -0.1) is 0 Å². The molecule has 0 saturated carbocycles. The number of anilines is 1. The molecule has 0 unspecified atom stereocenters. The Balaban J connectivity index is 1.12. The molecular weight excluding hydrogens is 418 g/mol. The van der Waals surface area contributed by atoms with Crippen LogP contribution in [0, 0.1) is 6.92 Å². The number of aromatic amines is 1. The highest BCUT2D eigenvalue weighted by Crippen LogP contribution is 2.31. The number of hydrogen-bond acceptors (Lipinski definition) is 4. The van der Waals surface area contributed by atoms with Gasteiger partial charge in [-0.1, -0.05) is 24.3 Å². The lowest BCUT2D eigenvalue weighted by Gasteiger charge is -2.38. The van der Waals surface area contributed by atoms with Crippen molar-refractivity contribution in [1.29, 1.82) is 0 Å². The van der Waals surface area contributed by atoms with Crippen molar-refractivity contribution < 1.29 is 0 Å². The summed E-state index contributed by atoms with van der Waals surface area (Å²) in [6.45, 7) is 16.2. The largest absolute Gasteiger partial charge is 0.371 e. The van der Waals surface area contributed by atoms with Crippen LogP contribution in [0.3, 0.4) is 0 Å². The molecule has 2 N–H and O–H groups in total. The summed E-state index contributed by atoms with van der Waals surface area (Å²) in [5.74, 6) is 0. The second-order valence-corrected chi connectivity index (χ2v) is 10.5. The summed E-state index contributed by atoms with van der Waals surface area (Å²) in [4.78, 5) is 11.4. The number of aromatic nitrogens is 1. The predicted molar refractivity (Wildman–Crippen MR) is 145 cm³/mol. The highest BCUT2D eigenvalue weighted by molar-refractivity contribution is 5.87. The molecule has 3 heterocycles. The molecule has 2 aliphatic heterocycles. The first-order valence-corrected chi connectivity index (χ1v) is 13.2. The summed E-state index contributed by atoms with van der Waals surface area (Å²) < 4.78 is 0. The van der Waals surface area contributed by atoms with Crippen LogP contribution in [0.2, 0.25) is 0 Å². The lowest BCUT2D eigenvalue weighted by molar-refractivity contribution is 0.108. The highest BCUT2D eigenvalue weighted by atomic mass is 15.3. The number of fused-ring (bicyclic) bond motifs is 1. The van der Waals surface area contributed by atoms with E-state index < -0.39 is 0 Å². The van der Waals surface area contributed by atoms with Gasteiger partial charge in [-0.25, -0.2) is 0 Å². The molecule has 2 aromatic carbocycles. The van der Waals surface area contributed by atoms with Crippen LogP contribution >= 0.6 is 0 Å². The Kier molecular flexibility index (Phi) is 7.23. The second-order valence-electron chi connectivity index (χ2n) is 10.5. The Hall–Kier alpha value is -2.34. The number of piperidine rings is 1. The normalized spacial score (nSPS) is 18.9. The fourth-order valence-corrected chi connectivity index (χ4v) is 5.59. The maximum atomic E-state index is 3.85. The zero-order valence-electron chi connectivity index (χ0n) is 21.2. The lowest BCUT2D eigenvalue weighted by Crippen LogP contribution is -2.51. The van der Waals surface area contributed by atoms with Gasteiger partial charge in [-0.05, 0) is 63.4 Å². The molecule has 2 saturated heterocycles. The van der Waals surface area contributed by atoms with Gasteiger partial charge in [0, 0.05) is 92.3 Å². The summed E-state index contributed by atoms with van der Waals surface area (Å²) >= 11 is 0. The van der Waals surface area contributed by atoms with Gasteiger partial charge >= 0.3 is 0 Å². The summed E-state index contributed by atoms with van der Waals surface area (Å²) in [6.07, 6.45) is 2.44. The molecule has 0 amide bonds. The number of nitrogens with one attached hydrogen (secondary N) is 2.